The van der Waals surface area contributed by atoms with Crippen LogP contribution in [0.2, 0.25) is 0 Å². The summed E-state index contributed by atoms with van der Waals surface area (Å²) in [6, 6.07) is 7.57. The molecule has 1 aromatic carbocycles. The lowest BCUT2D eigenvalue weighted by Gasteiger charge is -2.37. The molecule has 1 saturated heterocycles. The Hall–Kier alpha value is -1.39. The number of nitrogens with one attached hydrogen (secondary N) is 2. The number of hydrogen-bond acceptors (Lipinski definition) is 3. The van der Waals surface area contributed by atoms with E-state index in [4.69, 9.17) is 0 Å². The number of aliphatic hydroxyl groups is 1. The number of amides is 1. The Morgan fingerprint density at radius 3 is 2.50 bits per heavy atom. The zero-order chi connectivity index (χ0) is 11.6. The van der Waals surface area contributed by atoms with Crippen LogP contribution in [0, 0.1) is 0 Å². The van der Waals surface area contributed by atoms with E-state index in [0.29, 0.717) is 19.5 Å². The Morgan fingerprint density at radius 2 is 2.06 bits per heavy atom. The van der Waals surface area contributed by atoms with Crippen molar-refractivity contribution in [2.75, 3.05) is 18.4 Å². The van der Waals surface area contributed by atoms with E-state index in [0.717, 1.165) is 11.3 Å². The number of hydrogen-bond donors (Lipinski definition) is 3. The molecule has 86 valence electrons. The van der Waals surface area contributed by atoms with E-state index >= 15 is 0 Å². The fourth-order valence-corrected chi connectivity index (χ4v) is 1.83. The summed E-state index contributed by atoms with van der Waals surface area (Å²) in [5, 5.41) is 15.7. The van der Waals surface area contributed by atoms with Gasteiger partial charge in [0.25, 0.3) is 0 Å². The Morgan fingerprint density at radius 1 is 1.44 bits per heavy atom. The standard InChI is InChI=1S/C12H16N2O2/c1-9(15)14-11-4-2-10(3-5-11)6-12(16)7-13-8-12/h2-5,13,16H,6-8H2,1H3,(H,14,15). The van der Waals surface area contributed by atoms with Crippen LogP contribution in [0.25, 0.3) is 0 Å². The summed E-state index contributed by atoms with van der Waals surface area (Å²) in [5.41, 5.74) is 1.28. The quantitative estimate of drug-likeness (QED) is 0.696. The van der Waals surface area contributed by atoms with Gasteiger partial charge < -0.3 is 15.7 Å². The van der Waals surface area contributed by atoms with E-state index in [2.05, 4.69) is 10.6 Å². The van der Waals surface area contributed by atoms with Crippen molar-refractivity contribution in [2.24, 2.45) is 0 Å². The predicted molar refractivity (Wildman–Crippen MR) is 62.3 cm³/mol. The first-order valence-electron chi connectivity index (χ1n) is 5.37. The summed E-state index contributed by atoms with van der Waals surface area (Å²) < 4.78 is 0. The van der Waals surface area contributed by atoms with Gasteiger partial charge in [0, 0.05) is 32.1 Å². The lowest BCUT2D eigenvalue weighted by atomic mass is 9.89. The lowest BCUT2D eigenvalue weighted by Crippen LogP contribution is -2.60. The Bertz CT molecular complexity index is 383. The van der Waals surface area contributed by atoms with Crippen LogP contribution in [0.4, 0.5) is 5.69 Å². The number of anilines is 1. The monoisotopic (exact) mass is 220 g/mol. The highest BCUT2D eigenvalue weighted by molar-refractivity contribution is 5.88. The second-order valence-corrected chi connectivity index (χ2v) is 4.38. The highest BCUT2D eigenvalue weighted by atomic mass is 16.3. The molecule has 0 saturated carbocycles. The first-order chi connectivity index (χ1) is 7.57. The van der Waals surface area contributed by atoms with Crippen LogP contribution in [0.15, 0.2) is 24.3 Å². The molecule has 16 heavy (non-hydrogen) atoms. The minimum atomic E-state index is -0.588. The van der Waals surface area contributed by atoms with Gasteiger partial charge in [-0.25, -0.2) is 0 Å². The molecule has 4 nitrogen and oxygen atoms in total. The first kappa shape index (κ1) is 11.1. The molecule has 0 unspecified atom stereocenters. The molecule has 1 aliphatic rings. The summed E-state index contributed by atoms with van der Waals surface area (Å²) >= 11 is 0. The molecule has 1 aromatic rings. The summed E-state index contributed by atoms with van der Waals surface area (Å²) in [4.78, 5) is 10.8. The van der Waals surface area contributed by atoms with Gasteiger partial charge in [-0.1, -0.05) is 12.1 Å². The van der Waals surface area contributed by atoms with E-state index in [1.54, 1.807) is 0 Å². The van der Waals surface area contributed by atoms with Crippen LogP contribution < -0.4 is 10.6 Å². The lowest BCUT2D eigenvalue weighted by molar-refractivity contribution is -0.114. The zero-order valence-electron chi connectivity index (χ0n) is 9.29. The van der Waals surface area contributed by atoms with Crippen molar-refractivity contribution < 1.29 is 9.90 Å². The third-order valence-electron chi connectivity index (χ3n) is 2.72. The summed E-state index contributed by atoms with van der Waals surface area (Å²) in [5.74, 6) is -0.0745. The van der Waals surface area contributed by atoms with Crippen molar-refractivity contribution in [3.8, 4) is 0 Å². The fourth-order valence-electron chi connectivity index (χ4n) is 1.83. The smallest absolute Gasteiger partial charge is 0.221 e. The van der Waals surface area contributed by atoms with E-state index < -0.39 is 5.60 Å². The van der Waals surface area contributed by atoms with Crippen molar-refractivity contribution >= 4 is 11.6 Å². The molecule has 3 N–H and O–H groups in total. The normalized spacial score (nSPS) is 17.6. The number of carbonyl (C=O) groups is 1. The molecule has 0 bridgehead atoms. The molecule has 1 aliphatic heterocycles. The molecule has 0 radical (unpaired) electrons. The molecule has 0 atom stereocenters. The van der Waals surface area contributed by atoms with Crippen LogP contribution in [-0.2, 0) is 11.2 Å². The van der Waals surface area contributed by atoms with Gasteiger partial charge in [0.2, 0.25) is 5.91 Å². The van der Waals surface area contributed by atoms with Crippen molar-refractivity contribution in [3.63, 3.8) is 0 Å². The van der Waals surface area contributed by atoms with Gasteiger partial charge in [-0.2, -0.15) is 0 Å². The van der Waals surface area contributed by atoms with E-state index in [1.165, 1.54) is 6.92 Å². The zero-order valence-corrected chi connectivity index (χ0v) is 9.29. The average molecular weight is 220 g/mol. The highest BCUT2D eigenvalue weighted by Gasteiger charge is 2.33. The van der Waals surface area contributed by atoms with Crippen molar-refractivity contribution in [3.05, 3.63) is 29.8 Å². The predicted octanol–water partition coefficient (Wildman–Crippen LogP) is 0.522. The number of rotatable bonds is 3. The minimum absolute atomic E-state index is 0.0745. The average Bonchev–Trinajstić information content (AvgIpc) is 2.18. The molecule has 0 aliphatic carbocycles. The van der Waals surface area contributed by atoms with E-state index in [1.807, 2.05) is 24.3 Å². The number of carbonyl (C=O) groups excluding carboxylic acids is 1. The van der Waals surface area contributed by atoms with E-state index in [9.17, 15) is 9.90 Å². The molecule has 2 rings (SSSR count). The van der Waals surface area contributed by atoms with Crippen molar-refractivity contribution in [1.82, 2.24) is 5.32 Å². The molecular formula is C12H16N2O2. The first-order valence-corrected chi connectivity index (χ1v) is 5.37. The Kier molecular flexibility index (Phi) is 2.94. The van der Waals surface area contributed by atoms with E-state index in [-0.39, 0.29) is 5.91 Å². The second-order valence-electron chi connectivity index (χ2n) is 4.38. The number of benzene rings is 1. The Labute approximate surface area is 94.7 Å². The fraction of sp³-hybridized carbons (Fsp3) is 0.417. The molecular weight excluding hydrogens is 204 g/mol. The van der Waals surface area contributed by atoms with Gasteiger partial charge in [0.05, 0.1) is 5.60 Å². The molecule has 4 heteroatoms. The summed E-state index contributed by atoms with van der Waals surface area (Å²) in [6.45, 7) is 2.79. The van der Waals surface area contributed by atoms with Crippen LogP contribution >= 0.6 is 0 Å². The molecule has 0 spiro atoms. The van der Waals surface area contributed by atoms with Crippen molar-refractivity contribution in [1.29, 1.82) is 0 Å². The highest BCUT2D eigenvalue weighted by Crippen LogP contribution is 2.19. The SMILES string of the molecule is CC(=O)Nc1ccc(CC2(O)CNC2)cc1. The van der Waals surface area contributed by atoms with Gasteiger partial charge >= 0.3 is 0 Å². The van der Waals surface area contributed by atoms with Crippen molar-refractivity contribution in [2.45, 2.75) is 18.9 Å². The third-order valence-corrected chi connectivity index (χ3v) is 2.72. The van der Waals surface area contributed by atoms with Crippen LogP contribution in [-0.4, -0.2) is 29.7 Å². The Balaban J connectivity index is 1.99. The maximum atomic E-state index is 10.8. The van der Waals surface area contributed by atoms with Gasteiger partial charge in [-0.3, -0.25) is 4.79 Å². The summed E-state index contributed by atoms with van der Waals surface area (Å²) in [6.07, 6.45) is 0.653. The largest absolute Gasteiger partial charge is 0.387 e. The topological polar surface area (TPSA) is 61.4 Å². The third kappa shape index (κ3) is 2.59. The minimum Gasteiger partial charge on any atom is -0.387 e. The number of β-amino-alcohol motifs (C(OH)–C–C–N with tert-alkyl or cyclic N) is 1. The summed E-state index contributed by atoms with van der Waals surface area (Å²) in [7, 11) is 0. The van der Waals surface area contributed by atoms with Gasteiger partial charge in [0.15, 0.2) is 0 Å². The maximum absolute atomic E-state index is 10.8. The van der Waals surface area contributed by atoms with Gasteiger partial charge in [-0.15, -0.1) is 0 Å². The molecule has 1 fully saturated rings. The van der Waals surface area contributed by atoms with Gasteiger partial charge in [-0.05, 0) is 17.7 Å². The van der Waals surface area contributed by atoms with Crippen LogP contribution in [0.5, 0.6) is 0 Å². The second kappa shape index (κ2) is 4.23. The molecule has 0 aromatic heterocycles. The molecule has 1 amide bonds. The molecule has 1 heterocycles. The van der Waals surface area contributed by atoms with Gasteiger partial charge in [0.1, 0.15) is 0 Å². The van der Waals surface area contributed by atoms with Crippen LogP contribution in [0.1, 0.15) is 12.5 Å². The maximum Gasteiger partial charge on any atom is 0.221 e. The van der Waals surface area contributed by atoms with Crippen LogP contribution in [0.3, 0.4) is 0 Å².